The van der Waals surface area contributed by atoms with E-state index in [0.29, 0.717) is 18.3 Å². The Bertz CT molecular complexity index is 655. The van der Waals surface area contributed by atoms with Crippen molar-refractivity contribution in [3.05, 3.63) is 30.0 Å². The SMILES string of the molecule is O=C(NCCCCN1CCCC1CO)c1n[nH]c2ccccc12. The molecular formula is C17H24N4O2. The van der Waals surface area contributed by atoms with E-state index in [1.807, 2.05) is 24.3 Å². The van der Waals surface area contributed by atoms with Gasteiger partial charge in [0, 0.05) is 18.0 Å². The maximum Gasteiger partial charge on any atom is 0.272 e. The van der Waals surface area contributed by atoms with E-state index in [1.165, 1.54) is 6.42 Å². The summed E-state index contributed by atoms with van der Waals surface area (Å²) in [4.78, 5) is 14.6. The zero-order chi connectivity index (χ0) is 16.1. The number of unbranched alkanes of at least 4 members (excludes halogenated alkanes) is 1. The molecule has 6 nitrogen and oxygen atoms in total. The summed E-state index contributed by atoms with van der Waals surface area (Å²) in [5.41, 5.74) is 1.34. The minimum atomic E-state index is -0.128. The molecule has 1 atom stereocenters. The van der Waals surface area contributed by atoms with Crippen molar-refractivity contribution in [3.63, 3.8) is 0 Å². The van der Waals surface area contributed by atoms with Crippen molar-refractivity contribution in [2.24, 2.45) is 0 Å². The van der Waals surface area contributed by atoms with Gasteiger partial charge < -0.3 is 10.4 Å². The van der Waals surface area contributed by atoms with Crippen LogP contribution in [0.3, 0.4) is 0 Å². The second-order valence-corrected chi connectivity index (χ2v) is 6.10. The molecule has 1 aromatic heterocycles. The van der Waals surface area contributed by atoms with Gasteiger partial charge in [-0.2, -0.15) is 5.10 Å². The van der Waals surface area contributed by atoms with Gasteiger partial charge in [-0.05, 0) is 44.8 Å². The molecule has 3 N–H and O–H groups in total. The fourth-order valence-electron chi connectivity index (χ4n) is 3.26. The number of H-pyrrole nitrogens is 1. The number of aliphatic hydroxyl groups excluding tert-OH is 1. The van der Waals surface area contributed by atoms with E-state index < -0.39 is 0 Å². The molecule has 3 rings (SSSR count). The number of benzene rings is 1. The van der Waals surface area contributed by atoms with Crippen LogP contribution in [0, 0.1) is 0 Å². The van der Waals surface area contributed by atoms with Crippen LogP contribution in [0.4, 0.5) is 0 Å². The highest BCUT2D eigenvalue weighted by molar-refractivity contribution is 6.04. The minimum absolute atomic E-state index is 0.128. The molecule has 1 saturated heterocycles. The third-order valence-electron chi connectivity index (χ3n) is 4.55. The van der Waals surface area contributed by atoms with Crippen molar-refractivity contribution in [1.29, 1.82) is 0 Å². The largest absolute Gasteiger partial charge is 0.395 e. The summed E-state index contributed by atoms with van der Waals surface area (Å²) in [6.07, 6.45) is 4.23. The van der Waals surface area contributed by atoms with Gasteiger partial charge in [-0.15, -0.1) is 0 Å². The van der Waals surface area contributed by atoms with Crippen molar-refractivity contribution in [2.75, 3.05) is 26.2 Å². The zero-order valence-electron chi connectivity index (χ0n) is 13.3. The van der Waals surface area contributed by atoms with Gasteiger partial charge >= 0.3 is 0 Å². The summed E-state index contributed by atoms with van der Waals surface area (Å²) in [5.74, 6) is -0.128. The third kappa shape index (κ3) is 3.71. The molecule has 1 aliphatic rings. The normalized spacial score (nSPS) is 18.6. The number of amides is 1. The van der Waals surface area contributed by atoms with Crippen LogP contribution in [0.2, 0.25) is 0 Å². The van der Waals surface area contributed by atoms with E-state index in [2.05, 4.69) is 20.4 Å². The average Bonchev–Trinajstić information content (AvgIpc) is 3.20. The van der Waals surface area contributed by atoms with E-state index in [9.17, 15) is 9.90 Å². The van der Waals surface area contributed by atoms with Crippen molar-refractivity contribution in [3.8, 4) is 0 Å². The van der Waals surface area contributed by atoms with Gasteiger partial charge in [-0.25, -0.2) is 0 Å². The maximum atomic E-state index is 12.2. The summed E-state index contributed by atoms with van der Waals surface area (Å²) in [6.45, 7) is 2.98. The first kappa shape index (κ1) is 16.0. The van der Waals surface area contributed by atoms with Gasteiger partial charge in [-0.1, -0.05) is 18.2 Å². The summed E-state index contributed by atoms with van der Waals surface area (Å²) in [6, 6.07) is 7.96. The molecule has 6 heteroatoms. The van der Waals surface area contributed by atoms with Gasteiger partial charge in [0.1, 0.15) is 0 Å². The fraction of sp³-hybridized carbons (Fsp3) is 0.529. The standard InChI is InChI=1S/C17H24N4O2/c22-12-13-6-5-11-21(13)10-4-3-9-18-17(23)16-14-7-1-2-8-15(14)19-20-16/h1-2,7-8,13,22H,3-6,9-12H2,(H,18,23)(H,19,20). The van der Waals surface area contributed by atoms with Crippen molar-refractivity contribution < 1.29 is 9.90 Å². The topological polar surface area (TPSA) is 81.2 Å². The number of hydrogen-bond donors (Lipinski definition) is 3. The van der Waals surface area contributed by atoms with Gasteiger partial charge in [0.2, 0.25) is 0 Å². The van der Waals surface area contributed by atoms with Crippen molar-refractivity contribution >= 4 is 16.8 Å². The van der Waals surface area contributed by atoms with Gasteiger partial charge in [0.25, 0.3) is 5.91 Å². The number of aromatic nitrogens is 2. The molecule has 0 bridgehead atoms. The number of rotatable bonds is 7. The molecule has 0 radical (unpaired) electrons. The number of carbonyl (C=O) groups is 1. The molecule has 0 saturated carbocycles. The number of hydrogen-bond acceptors (Lipinski definition) is 4. The predicted molar refractivity (Wildman–Crippen MR) is 89.3 cm³/mol. The van der Waals surface area contributed by atoms with Crippen molar-refractivity contribution in [1.82, 2.24) is 20.4 Å². The number of carbonyl (C=O) groups excluding carboxylic acids is 1. The maximum absolute atomic E-state index is 12.2. The molecule has 124 valence electrons. The molecule has 1 aliphatic heterocycles. The number of fused-ring (bicyclic) bond motifs is 1. The number of nitrogens with zero attached hydrogens (tertiary/aromatic N) is 2. The lowest BCUT2D eigenvalue weighted by molar-refractivity contribution is 0.0948. The lowest BCUT2D eigenvalue weighted by Crippen LogP contribution is -2.33. The Hall–Kier alpha value is -1.92. The fourth-order valence-corrected chi connectivity index (χ4v) is 3.26. The summed E-state index contributed by atoms with van der Waals surface area (Å²) in [5, 5.41) is 20.1. The molecule has 1 amide bonds. The summed E-state index contributed by atoms with van der Waals surface area (Å²) < 4.78 is 0. The molecule has 1 aromatic carbocycles. The predicted octanol–water partition coefficient (Wildman–Crippen LogP) is 1.53. The highest BCUT2D eigenvalue weighted by atomic mass is 16.3. The van der Waals surface area contributed by atoms with Gasteiger partial charge in [-0.3, -0.25) is 14.8 Å². The molecular weight excluding hydrogens is 292 g/mol. The van der Waals surface area contributed by atoms with Gasteiger partial charge in [0.15, 0.2) is 5.69 Å². The first-order valence-corrected chi connectivity index (χ1v) is 8.36. The van der Waals surface area contributed by atoms with Crippen LogP contribution in [0.5, 0.6) is 0 Å². The minimum Gasteiger partial charge on any atom is -0.395 e. The van der Waals surface area contributed by atoms with Crippen LogP contribution < -0.4 is 5.32 Å². The first-order valence-electron chi connectivity index (χ1n) is 8.36. The number of nitrogens with one attached hydrogen (secondary N) is 2. The number of aromatic amines is 1. The molecule has 2 aromatic rings. The molecule has 1 unspecified atom stereocenters. The first-order chi connectivity index (χ1) is 11.3. The second-order valence-electron chi connectivity index (χ2n) is 6.10. The third-order valence-corrected chi connectivity index (χ3v) is 4.55. The smallest absolute Gasteiger partial charge is 0.272 e. The summed E-state index contributed by atoms with van der Waals surface area (Å²) in [7, 11) is 0. The summed E-state index contributed by atoms with van der Waals surface area (Å²) >= 11 is 0. The molecule has 0 spiro atoms. The Labute approximate surface area is 135 Å². The van der Waals surface area contributed by atoms with Gasteiger partial charge in [0.05, 0.1) is 12.1 Å². The van der Waals surface area contributed by atoms with Crippen LogP contribution >= 0.6 is 0 Å². The van der Waals surface area contributed by atoms with E-state index in [4.69, 9.17) is 0 Å². The monoisotopic (exact) mass is 316 g/mol. The Balaban J connectivity index is 1.41. The van der Waals surface area contributed by atoms with Crippen LogP contribution in [-0.2, 0) is 0 Å². The number of likely N-dealkylation sites (tertiary alicyclic amines) is 1. The van der Waals surface area contributed by atoms with E-state index >= 15 is 0 Å². The number of aliphatic hydroxyl groups is 1. The van der Waals surface area contributed by atoms with E-state index in [1.54, 1.807) is 0 Å². The Morgan fingerprint density at radius 1 is 1.39 bits per heavy atom. The quantitative estimate of drug-likeness (QED) is 0.677. The Kier molecular flexibility index (Phi) is 5.25. The van der Waals surface area contributed by atoms with Crippen molar-refractivity contribution in [2.45, 2.75) is 31.7 Å². The van der Waals surface area contributed by atoms with Crippen LogP contribution in [0.1, 0.15) is 36.2 Å². The van der Waals surface area contributed by atoms with Crippen LogP contribution in [0.25, 0.3) is 10.9 Å². The van der Waals surface area contributed by atoms with Crippen LogP contribution in [0.15, 0.2) is 24.3 Å². The van der Waals surface area contributed by atoms with E-state index in [-0.39, 0.29) is 12.5 Å². The molecule has 2 heterocycles. The lowest BCUT2D eigenvalue weighted by Gasteiger charge is -2.22. The molecule has 0 aliphatic carbocycles. The number of para-hydroxylation sites is 1. The Morgan fingerprint density at radius 3 is 3.13 bits per heavy atom. The zero-order valence-corrected chi connectivity index (χ0v) is 13.3. The van der Waals surface area contributed by atoms with Crippen LogP contribution in [-0.4, -0.2) is 58.4 Å². The average molecular weight is 316 g/mol. The highest BCUT2D eigenvalue weighted by Gasteiger charge is 2.22. The van der Waals surface area contributed by atoms with E-state index in [0.717, 1.165) is 43.3 Å². The highest BCUT2D eigenvalue weighted by Crippen LogP contribution is 2.17. The molecule has 1 fully saturated rings. The lowest BCUT2D eigenvalue weighted by atomic mass is 10.2. The second kappa shape index (κ2) is 7.57. The Morgan fingerprint density at radius 2 is 2.26 bits per heavy atom. The molecule has 23 heavy (non-hydrogen) atoms.